The number of nitrogens with one attached hydrogen (secondary N) is 1. The molecule has 116 valence electrons. The normalized spacial score (nSPS) is 10.4. The maximum atomic E-state index is 12.3. The SMILES string of the molecule is CCCc1ccc(NC(=O)c2cc(Cl)c(OC)c(Cl)c2)cc1. The zero-order valence-electron chi connectivity index (χ0n) is 12.5. The van der Waals surface area contributed by atoms with Crippen LogP contribution in [0.5, 0.6) is 5.75 Å². The Morgan fingerprint density at radius 1 is 1.14 bits per heavy atom. The number of carbonyl (C=O) groups excluding carboxylic acids is 1. The summed E-state index contributed by atoms with van der Waals surface area (Å²) in [6, 6.07) is 10.9. The summed E-state index contributed by atoms with van der Waals surface area (Å²) in [6.45, 7) is 2.13. The van der Waals surface area contributed by atoms with Crippen LogP contribution >= 0.6 is 23.2 Å². The van der Waals surface area contributed by atoms with Gasteiger partial charge in [0.15, 0.2) is 5.75 Å². The van der Waals surface area contributed by atoms with Gasteiger partial charge in [0.05, 0.1) is 17.2 Å². The van der Waals surface area contributed by atoms with Gasteiger partial charge in [-0.15, -0.1) is 0 Å². The monoisotopic (exact) mass is 337 g/mol. The summed E-state index contributed by atoms with van der Waals surface area (Å²) in [6.07, 6.45) is 2.12. The lowest BCUT2D eigenvalue weighted by Crippen LogP contribution is -2.12. The molecule has 0 bridgehead atoms. The number of anilines is 1. The van der Waals surface area contributed by atoms with Gasteiger partial charge >= 0.3 is 0 Å². The van der Waals surface area contributed by atoms with Gasteiger partial charge in [-0.25, -0.2) is 0 Å². The van der Waals surface area contributed by atoms with Crippen molar-refractivity contribution in [2.45, 2.75) is 19.8 Å². The van der Waals surface area contributed by atoms with Gasteiger partial charge < -0.3 is 10.1 Å². The molecule has 2 aromatic carbocycles. The number of methoxy groups -OCH3 is 1. The number of ether oxygens (including phenoxy) is 1. The first-order valence-electron chi connectivity index (χ1n) is 6.98. The van der Waals surface area contributed by atoms with E-state index >= 15 is 0 Å². The van der Waals surface area contributed by atoms with Crippen LogP contribution in [0.4, 0.5) is 5.69 Å². The Morgan fingerprint density at radius 3 is 2.23 bits per heavy atom. The first-order valence-corrected chi connectivity index (χ1v) is 7.74. The number of halogens is 2. The van der Waals surface area contributed by atoms with Gasteiger partial charge in [0, 0.05) is 11.3 Å². The highest BCUT2D eigenvalue weighted by atomic mass is 35.5. The standard InChI is InChI=1S/C17H17Cl2NO2/c1-3-4-11-5-7-13(8-6-11)20-17(21)12-9-14(18)16(22-2)15(19)10-12/h5-10H,3-4H2,1-2H3,(H,20,21). The number of benzene rings is 2. The lowest BCUT2D eigenvalue weighted by atomic mass is 10.1. The molecule has 0 heterocycles. The maximum Gasteiger partial charge on any atom is 0.255 e. The van der Waals surface area contributed by atoms with Crippen molar-refractivity contribution in [1.29, 1.82) is 0 Å². The van der Waals surface area contributed by atoms with Gasteiger partial charge in [-0.2, -0.15) is 0 Å². The molecule has 0 fully saturated rings. The van der Waals surface area contributed by atoms with E-state index in [1.54, 1.807) is 0 Å². The molecule has 0 aliphatic carbocycles. The molecule has 0 unspecified atom stereocenters. The van der Waals surface area contributed by atoms with E-state index in [4.69, 9.17) is 27.9 Å². The average molecular weight is 338 g/mol. The van der Waals surface area contributed by atoms with Crippen molar-refractivity contribution >= 4 is 34.8 Å². The molecule has 0 radical (unpaired) electrons. The molecule has 2 rings (SSSR count). The third-order valence-electron chi connectivity index (χ3n) is 3.22. The number of carbonyl (C=O) groups is 1. The highest BCUT2D eigenvalue weighted by molar-refractivity contribution is 6.37. The van der Waals surface area contributed by atoms with E-state index < -0.39 is 0 Å². The van der Waals surface area contributed by atoms with Gasteiger partial charge in [0.1, 0.15) is 0 Å². The molecule has 1 N–H and O–H groups in total. The van der Waals surface area contributed by atoms with Crippen LogP contribution < -0.4 is 10.1 Å². The Hall–Kier alpha value is -1.71. The van der Waals surface area contributed by atoms with Crippen molar-refractivity contribution in [2.24, 2.45) is 0 Å². The second-order valence-electron chi connectivity index (χ2n) is 4.87. The molecular weight excluding hydrogens is 321 g/mol. The summed E-state index contributed by atoms with van der Waals surface area (Å²) in [7, 11) is 1.48. The maximum absolute atomic E-state index is 12.3. The summed E-state index contributed by atoms with van der Waals surface area (Å²) in [5.41, 5.74) is 2.36. The molecule has 0 saturated heterocycles. The predicted octanol–water partition coefficient (Wildman–Crippen LogP) is 5.21. The van der Waals surface area contributed by atoms with Crippen LogP contribution in [0.3, 0.4) is 0 Å². The van der Waals surface area contributed by atoms with Crippen LogP contribution in [-0.4, -0.2) is 13.0 Å². The highest BCUT2D eigenvalue weighted by Crippen LogP contribution is 2.34. The Bertz CT molecular complexity index is 646. The fraction of sp³-hybridized carbons (Fsp3) is 0.235. The Kier molecular flexibility index (Phi) is 5.69. The van der Waals surface area contributed by atoms with Crippen LogP contribution in [0.1, 0.15) is 29.3 Å². The predicted molar refractivity (Wildman–Crippen MR) is 91.4 cm³/mol. The number of hydrogen-bond donors (Lipinski definition) is 1. The number of amides is 1. The molecule has 0 spiro atoms. The Labute approximate surface area is 140 Å². The Balaban J connectivity index is 2.15. The van der Waals surface area contributed by atoms with Crippen molar-refractivity contribution in [3.05, 3.63) is 57.6 Å². The van der Waals surface area contributed by atoms with E-state index in [0.717, 1.165) is 18.5 Å². The van der Waals surface area contributed by atoms with Gasteiger partial charge in [-0.3, -0.25) is 4.79 Å². The zero-order chi connectivity index (χ0) is 16.1. The van der Waals surface area contributed by atoms with Gasteiger partial charge in [-0.1, -0.05) is 48.7 Å². The van der Waals surface area contributed by atoms with Gasteiger partial charge in [0.25, 0.3) is 5.91 Å². The second-order valence-corrected chi connectivity index (χ2v) is 5.69. The number of rotatable bonds is 5. The minimum absolute atomic E-state index is 0.269. The van der Waals surface area contributed by atoms with Gasteiger partial charge in [0.2, 0.25) is 0 Å². The lowest BCUT2D eigenvalue weighted by Gasteiger charge is -2.10. The molecule has 0 saturated carbocycles. The molecule has 0 atom stereocenters. The van der Waals surface area contributed by atoms with Crippen LogP contribution in [0, 0.1) is 0 Å². The number of hydrogen-bond acceptors (Lipinski definition) is 2. The molecule has 0 aromatic heterocycles. The van der Waals surface area contributed by atoms with Gasteiger partial charge in [-0.05, 0) is 36.2 Å². The fourth-order valence-electron chi connectivity index (χ4n) is 2.13. The van der Waals surface area contributed by atoms with E-state index in [9.17, 15) is 4.79 Å². The van der Waals surface area contributed by atoms with Crippen molar-refractivity contribution < 1.29 is 9.53 Å². The third kappa shape index (κ3) is 3.93. The summed E-state index contributed by atoms with van der Waals surface area (Å²) in [5.74, 6) is 0.0958. The molecule has 1 amide bonds. The van der Waals surface area contributed by atoms with Crippen LogP contribution in [0.15, 0.2) is 36.4 Å². The molecule has 22 heavy (non-hydrogen) atoms. The van der Waals surface area contributed by atoms with Crippen molar-refractivity contribution in [3.63, 3.8) is 0 Å². The molecule has 5 heteroatoms. The minimum atomic E-state index is -0.269. The fourth-order valence-corrected chi connectivity index (χ4v) is 2.77. The summed E-state index contributed by atoms with van der Waals surface area (Å²) in [4.78, 5) is 12.3. The van der Waals surface area contributed by atoms with Crippen LogP contribution in [0.25, 0.3) is 0 Å². The molecular formula is C17H17Cl2NO2. The summed E-state index contributed by atoms with van der Waals surface area (Å²) < 4.78 is 5.07. The van der Waals surface area contributed by atoms with E-state index in [-0.39, 0.29) is 5.91 Å². The van der Waals surface area contributed by atoms with Crippen LogP contribution in [-0.2, 0) is 6.42 Å². The zero-order valence-corrected chi connectivity index (χ0v) is 14.0. The van der Waals surface area contributed by atoms with Crippen molar-refractivity contribution in [1.82, 2.24) is 0 Å². The average Bonchev–Trinajstić information content (AvgIpc) is 2.49. The summed E-state index contributed by atoms with van der Waals surface area (Å²) in [5, 5.41) is 3.43. The molecule has 0 aliphatic heterocycles. The van der Waals surface area contributed by atoms with Crippen LogP contribution in [0.2, 0.25) is 10.0 Å². The first-order chi connectivity index (χ1) is 10.5. The third-order valence-corrected chi connectivity index (χ3v) is 3.78. The highest BCUT2D eigenvalue weighted by Gasteiger charge is 2.13. The van der Waals surface area contributed by atoms with Crippen molar-refractivity contribution in [3.8, 4) is 5.75 Å². The van der Waals surface area contributed by atoms with Crippen molar-refractivity contribution in [2.75, 3.05) is 12.4 Å². The largest absolute Gasteiger partial charge is 0.494 e. The quantitative estimate of drug-likeness (QED) is 0.813. The topological polar surface area (TPSA) is 38.3 Å². The smallest absolute Gasteiger partial charge is 0.255 e. The Morgan fingerprint density at radius 2 is 1.73 bits per heavy atom. The molecule has 3 nitrogen and oxygen atoms in total. The van der Waals surface area contributed by atoms with E-state index in [1.807, 2.05) is 24.3 Å². The minimum Gasteiger partial charge on any atom is -0.494 e. The summed E-state index contributed by atoms with van der Waals surface area (Å²) >= 11 is 12.1. The molecule has 2 aromatic rings. The molecule has 0 aliphatic rings. The van der Waals surface area contributed by atoms with E-state index in [0.29, 0.717) is 21.4 Å². The van der Waals surface area contributed by atoms with E-state index in [1.165, 1.54) is 24.8 Å². The first kappa shape index (κ1) is 16.7. The van der Waals surface area contributed by atoms with E-state index in [2.05, 4.69) is 12.2 Å². The number of aryl methyl sites for hydroxylation is 1. The lowest BCUT2D eigenvalue weighted by molar-refractivity contribution is 0.102. The second kappa shape index (κ2) is 7.52.